The third-order valence-electron chi connectivity index (χ3n) is 3.81. The van der Waals surface area contributed by atoms with Crippen molar-refractivity contribution in [2.45, 2.75) is 6.18 Å². The van der Waals surface area contributed by atoms with Gasteiger partial charge >= 0.3 is 6.18 Å². The summed E-state index contributed by atoms with van der Waals surface area (Å²) in [6, 6.07) is 7.91. The highest BCUT2D eigenvalue weighted by molar-refractivity contribution is 8.19. The summed E-state index contributed by atoms with van der Waals surface area (Å²) in [7, 11) is 0. The largest absolute Gasteiger partial charge is 0.457 e. The lowest BCUT2D eigenvalue weighted by Crippen LogP contribution is -2.27. The van der Waals surface area contributed by atoms with Gasteiger partial charge < -0.3 is 4.42 Å². The number of halogens is 3. The summed E-state index contributed by atoms with van der Waals surface area (Å²) in [5.41, 5.74) is -0.489. The van der Waals surface area contributed by atoms with E-state index in [9.17, 15) is 18.0 Å². The fourth-order valence-electron chi connectivity index (χ4n) is 2.55. The quantitative estimate of drug-likeness (QED) is 0.569. The SMILES string of the molecule is N=C1S/C(=C/c2ccc(-c3cccc(C(F)(F)F)c3)o2)C(=O)N1c1nccs1. The first-order chi connectivity index (χ1) is 13.3. The van der Waals surface area contributed by atoms with Gasteiger partial charge in [-0.15, -0.1) is 11.3 Å². The average Bonchev–Trinajstić information content (AvgIpc) is 3.37. The highest BCUT2D eigenvalue weighted by Crippen LogP contribution is 2.37. The summed E-state index contributed by atoms with van der Waals surface area (Å²) in [5, 5.41) is 10.1. The van der Waals surface area contributed by atoms with Crippen molar-refractivity contribution in [1.82, 2.24) is 4.98 Å². The molecule has 2 aromatic heterocycles. The molecule has 1 saturated heterocycles. The number of aromatic nitrogens is 1. The van der Waals surface area contributed by atoms with Crippen LogP contribution in [0, 0.1) is 5.41 Å². The van der Waals surface area contributed by atoms with Gasteiger partial charge in [-0.1, -0.05) is 12.1 Å². The normalized spacial score (nSPS) is 16.4. The Morgan fingerprint density at radius 2 is 2.04 bits per heavy atom. The Morgan fingerprint density at radius 1 is 1.21 bits per heavy atom. The number of alkyl halides is 3. The van der Waals surface area contributed by atoms with Crippen LogP contribution in [-0.2, 0) is 11.0 Å². The van der Waals surface area contributed by atoms with E-state index in [4.69, 9.17) is 9.83 Å². The Bertz CT molecular complexity index is 1090. The topological polar surface area (TPSA) is 70.2 Å². The first kappa shape index (κ1) is 18.5. The molecule has 1 aliphatic rings. The van der Waals surface area contributed by atoms with Crippen LogP contribution in [0.15, 0.2) is 57.3 Å². The lowest BCUT2D eigenvalue weighted by molar-refractivity contribution is -0.137. The lowest BCUT2D eigenvalue weighted by Gasteiger charge is -2.08. The summed E-state index contributed by atoms with van der Waals surface area (Å²) in [4.78, 5) is 18.0. The molecule has 0 spiro atoms. The third kappa shape index (κ3) is 3.48. The summed E-state index contributed by atoms with van der Waals surface area (Å²) in [6.07, 6.45) is -1.44. The monoisotopic (exact) mass is 421 g/mol. The van der Waals surface area contributed by atoms with Crippen molar-refractivity contribution >= 4 is 45.4 Å². The summed E-state index contributed by atoms with van der Waals surface area (Å²) in [6.45, 7) is 0. The maximum absolute atomic E-state index is 12.9. The number of thiazole rings is 1. The van der Waals surface area contributed by atoms with Gasteiger partial charge in [0, 0.05) is 23.2 Å². The molecule has 0 bridgehead atoms. The average molecular weight is 421 g/mol. The van der Waals surface area contributed by atoms with Gasteiger partial charge in [-0.05, 0) is 36.0 Å². The van der Waals surface area contributed by atoms with Crippen molar-refractivity contribution in [2.24, 2.45) is 0 Å². The van der Waals surface area contributed by atoms with Crippen molar-refractivity contribution in [3.63, 3.8) is 0 Å². The van der Waals surface area contributed by atoms with Gasteiger partial charge in [0.2, 0.25) is 0 Å². The molecule has 0 radical (unpaired) electrons. The Hall–Kier alpha value is -2.85. The number of rotatable bonds is 3. The summed E-state index contributed by atoms with van der Waals surface area (Å²) < 4.78 is 44.2. The fraction of sp³-hybridized carbons (Fsp3) is 0.0556. The minimum atomic E-state index is -4.44. The van der Waals surface area contributed by atoms with E-state index in [2.05, 4.69) is 4.98 Å². The first-order valence-corrected chi connectivity index (χ1v) is 9.52. The lowest BCUT2D eigenvalue weighted by atomic mass is 10.1. The minimum Gasteiger partial charge on any atom is -0.457 e. The molecule has 1 aromatic carbocycles. The van der Waals surface area contributed by atoms with E-state index >= 15 is 0 Å². The van der Waals surface area contributed by atoms with Crippen LogP contribution in [0.1, 0.15) is 11.3 Å². The van der Waals surface area contributed by atoms with Gasteiger partial charge in [0.1, 0.15) is 11.5 Å². The smallest absolute Gasteiger partial charge is 0.416 e. The highest BCUT2D eigenvalue weighted by Gasteiger charge is 2.35. The van der Waals surface area contributed by atoms with Gasteiger partial charge in [-0.2, -0.15) is 13.2 Å². The molecule has 0 atom stereocenters. The minimum absolute atomic E-state index is 0.0239. The molecular formula is C18H10F3N3O2S2. The van der Waals surface area contributed by atoms with Crippen molar-refractivity contribution in [3.05, 3.63) is 64.2 Å². The molecule has 1 fully saturated rings. The molecule has 10 heteroatoms. The molecule has 0 aliphatic carbocycles. The van der Waals surface area contributed by atoms with Crippen LogP contribution >= 0.6 is 23.1 Å². The molecule has 28 heavy (non-hydrogen) atoms. The fourth-order valence-corrected chi connectivity index (χ4v) is 4.08. The number of furan rings is 1. The number of nitrogens with zero attached hydrogens (tertiary/aromatic N) is 2. The second-order valence-corrected chi connectivity index (χ2v) is 7.56. The predicted molar refractivity (Wildman–Crippen MR) is 102 cm³/mol. The second kappa shape index (κ2) is 6.95. The van der Waals surface area contributed by atoms with Gasteiger partial charge in [0.15, 0.2) is 10.3 Å². The molecule has 5 nitrogen and oxygen atoms in total. The number of amides is 1. The third-order valence-corrected chi connectivity index (χ3v) is 5.45. The van der Waals surface area contributed by atoms with Gasteiger partial charge in [-0.3, -0.25) is 10.2 Å². The summed E-state index contributed by atoms with van der Waals surface area (Å²) in [5.74, 6) is 0.152. The maximum atomic E-state index is 12.9. The Labute approximate surface area is 165 Å². The van der Waals surface area contributed by atoms with E-state index in [0.717, 1.165) is 23.9 Å². The Kier molecular flexibility index (Phi) is 4.60. The van der Waals surface area contributed by atoms with Gasteiger partial charge in [0.25, 0.3) is 5.91 Å². The molecule has 1 N–H and O–H groups in total. The molecule has 142 valence electrons. The number of nitrogens with one attached hydrogen (secondary N) is 1. The van der Waals surface area contributed by atoms with Gasteiger partial charge in [-0.25, -0.2) is 9.88 Å². The molecule has 4 rings (SSSR count). The van der Waals surface area contributed by atoms with E-state index in [-0.39, 0.29) is 21.4 Å². The molecule has 3 heterocycles. The standard InChI is InChI=1S/C18H10F3N3O2S2/c19-18(20,21)11-3-1-2-10(8-11)13-5-4-12(26-13)9-14-15(25)24(16(22)28-14)17-23-6-7-27-17/h1-9,22H/b14-9+,22-16?. The van der Waals surface area contributed by atoms with Crippen LogP contribution in [0.5, 0.6) is 0 Å². The van der Waals surface area contributed by atoms with Crippen LogP contribution in [-0.4, -0.2) is 16.1 Å². The first-order valence-electron chi connectivity index (χ1n) is 7.82. The number of hydrogen-bond acceptors (Lipinski definition) is 6. The maximum Gasteiger partial charge on any atom is 0.416 e. The molecular weight excluding hydrogens is 411 g/mol. The Balaban J connectivity index is 1.61. The molecule has 1 aliphatic heterocycles. The van der Waals surface area contributed by atoms with E-state index in [1.165, 1.54) is 40.5 Å². The molecule has 0 unspecified atom stereocenters. The zero-order valence-corrected chi connectivity index (χ0v) is 15.5. The number of carbonyl (C=O) groups is 1. The number of amidine groups is 1. The molecule has 0 saturated carbocycles. The van der Waals surface area contributed by atoms with Crippen LogP contribution in [0.25, 0.3) is 17.4 Å². The predicted octanol–water partition coefficient (Wildman–Crippen LogP) is 5.48. The molecule has 3 aromatic rings. The van der Waals surface area contributed by atoms with E-state index in [1.807, 2.05) is 0 Å². The zero-order valence-electron chi connectivity index (χ0n) is 13.9. The van der Waals surface area contributed by atoms with Crippen molar-refractivity contribution in [2.75, 3.05) is 4.90 Å². The number of carbonyl (C=O) groups excluding carboxylic acids is 1. The highest BCUT2D eigenvalue weighted by atomic mass is 32.2. The van der Waals surface area contributed by atoms with E-state index in [1.54, 1.807) is 17.6 Å². The van der Waals surface area contributed by atoms with Crippen LogP contribution in [0.2, 0.25) is 0 Å². The van der Waals surface area contributed by atoms with Crippen LogP contribution in [0.4, 0.5) is 18.3 Å². The number of hydrogen-bond donors (Lipinski definition) is 1. The number of anilines is 1. The van der Waals surface area contributed by atoms with Crippen LogP contribution < -0.4 is 4.90 Å². The van der Waals surface area contributed by atoms with Gasteiger partial charge in [0.05, 0.1) is 10.5 Å². The van der Waals surface area contributed by atoms with E-state index < -0.39 is 17.6 Å². The number of benzene rings is 1. The zero-order chi connectivity index (χ0) is 19.9. The molecule has 1 amide bonds. The summed E-state index contributed by atoms with van der Waals surface area (Å²) >= 11 is 2.20. The second-order valence-electron chi connectivity index (χ2n) is 5.65. The Morgan fingerprint density at radius 3 is 2.75 bits per heavy atom. The van der Waals surface area contributed by atoms with Crippen LogP contribution in [0.3, 0.4) is 0 Å². The van der Waals surface area contributed by atoms with E-state index in [0.29, 0.717) is 10.9 Å². The van der Waals surface area contributed by atoms with Crippen molar-refractivity contribution < 1.29 is 22.4 Å². The van der Waals surface area contributed by atoms with Crippen molar-refractivity contribution in [3.8, 4) is 11.3 Å². The van der Waals surface area contributed by atoms with Crippen molar-refractivity contribution in [1.29, 1.82) is 5.41 Å². The number of thioether (sulfide) groups is 1.